The van der Waals surface area contributed by atoms with Gasteiger partial charge < -0.3 is 11.5 Å². The van der Waals surface area contributed by atoms with Crippen LogP contribution in [0.4, 0.5) is 26.3 Å². The Kier molecular flexibility index (Phi) is 3.56. The lowest BCUT2D eigenvalue weighted by Gasteiger charge is -2.27. The third-order valence-electron chi connectivity index (χ3n) is 1.41. The van der Waals surface area contributed by atoms with E-state index in [1.54, 1.807) is 0 Å². The Labute approximate surface area is 69.9 Å². The highest BCUT2D eigenvalue weighted by molar-refractivity contribution is 4.85. The molecule has 0 rings (SSSR count). The van der Waals surface area contributed by atoms with Gasteiger partial charge in [0.1, 0.15) is 0 Å². The zero-order valence-electron chi connectivity index (χ0n) is 6.28. The number of hydrogen-bond donors (Lipinski definition) is 2. The van der Waals surface area contributed by atoms with Crippen LogP contribution in [0.15, 0.2) is 0 Å². The van der Waals surface area contributed by atoms with E-state index in [0.29, 0.717) is 0 Å². The van der Waals surface area contributed by atoms with Crippen LogP contribution < -0.4 is 11.5 Å². The summed E-state index contributed by atoms with van der Waals surface area (Å²) < 4.78 is 70.8. The molecule has 13 heavy (non-hydrogen) atoms. The van der Waals surface area contributed by atoms with Gasteiger partial charge in [0.25, 0.3) is 0 Å². The monoisotopic (exact) mass is 210 g/mol. The first kappa shape index (κ1) is 12.5. The number of hydrogen-bond acceptors (Lipinski definition) is 2. The van der Waals surface area contributed by atoms with E-state index < -0.39 is 30.9 Å². The van der Waals surface area contributed by atoms with Crippen molar-refractivity contribution >= 4 is 0 Å². The number of nitrogens with two attached hydrogens (primary N) is 2. The van der Waals surface area contributed by atoms with Gasteiger partial charge >= 0.3 is 12.4 Å². The summed E-state index contributed by atoms with van der Waals surface area (Å²) in [5.41, 5.74) is 9.27. The van der Waals surface area contributed by atoms with Crippen molar-refractivity contribution in [3.63, 3.8) is 0 Å². The third-order valence-corrected chi connectivity index (χ3v) is 1.41. The summed E-state index contributed by atoms with van der Waals surface area (Å²) in [6.45, 7) is -0.871. The Morgan fingerprint density at radius 1 is 0.923 bits per heavy atom. The van der Waals surface area contributed by atoms with Gasteiger partial charge in [0, 0.05) is 12.6 Å². The number of alkyl halides is 6. The van der Waals surface area contributed by atoms with Gasteiger partial charge in [-0.3, -0.25) is 0 Å². The summed E-state index contributed by atoms with van der Waals surface area (Å²) in [7, 11) is 0. The molecule has 2 nitrogen and oxygen atoms in total. The van der Waals surface area contributed by atoms with Gasteiger partial charge in [-0.2, -0.15) is 26.3 Å². The molecule has 0 bridgehead atoms. The minimum absolute atomic E-state index is 0.871. The molecule has 0 fully saturated rings. The molecule has 0 spiro atoms. The van der Waals surface area contributed by atoms with Gasteiger partial charge in [-0.25, -0.2) is 0 Å². The standard InChI is InChI=1S/C5H8F6N2/c6-4(7,8)3(2(13)1-12)5(9,10)11/h2-3H,1,12-13H2. The molecule has 0 saturated heterocycles. The summed E-state index contributed by atoms with van der Waals surface area (Å²) in [5, 5.41) is 0. The van der Waals surface area contributed by atoms with Gasteiger partial charge in [0.2, 0.25) is 0 Å². The van der Waals surface area contributed by atoms with Gasteiger partial charge in [-0.05, 0) is 0 Å². The van der Waals surface area contributed by atoms with Crippen LogP contribution in [0.2, 0.25) is 0 Å². The first-order valence-electron chi connectivity index (χ1n) is 3.19. The molecule has 0 aromatic rings. The summed E-state index contributed by atoms with van der Waals surface area (Å²) in [6, 6.07) is -2.15. The summed E-state index contributed by atoms with van der Waals surface area (Å²) in [6.07, 6.45) is -10.8. The van der Waals surface area contributed by atoms with Crippen LogP contribution in [0.25, 0.3) is 0 Å². The Hall–Kier alpha value is -0.500. The normalized spacial score (nSPS) is 16.4. The second kappa shape index (κ2) is 3.70. The van der Waals surface area contributed by atoms with Crippen molar-refractivity contribution in [2.24, 2.45) is 17.4 Å². The van der Waals surface area contributed by atoms with E-state index in [9.17, 15) is 26.3 Å². The molecule has 1 atom stereocenters. The van der Waals surface area contributed by atoms with Crippen molar-refractivity contribution in [2.45, 2.75) is 18.4 Å². The maximum atomic E-state index is 11.8. The Morgan fingerprint density at radius 3 is 1.31 bits per heavy atom. The smallest absolute Gasteiger partial charge is 0.329 e. The highest BCUT2D eigenvalue weighted by Gasteiger charge is 2.59. The quantitative estimate of drug-likeness (QED) is 0.668. The summed E-state index contributed by atoms with van der Waals surface area (Å²) >= 11 is 0. The molecule has 80 valence electrons. The van der Waals surface area contributed by atoms with Crippen molar-refractivity contribution in [2.75, 3.05) is 6.54 Å². The molecule has 0 aromatic carbocycles. The second-order valence-electron chi connectivity index (χ2n) is 2.46. The van der Waals surface area contributed by atoms with Gasteiger partial charge in [-0.1, -0.05) is 0 Å². The van der Waals surface area contributed by atoms with E-state index >= 15 is 0 Å². The number of rotatable bonds is 2. The van der Waals surface area contributed by atoms with Crippen molar-refractivity contribution in [3.8, 4) is 0 Å². The van der Waals surface area contributed by atoms with Crippen LogP contribution >= 0.6 is 0 Å². The van der Waals surface area contributed by atoms with Crippen LogP contribution in [-0.2, 0) is 0 Å². The molecule has 0 amide bonds. The van der Waals surface area contributed by atoms with E-state index in [2.05, 4.69) is 11.5 Å². The fourth-order valence-corrected chi connectivity index (χ4v) is 0.807. The SMILES string of the molecule is NCC(N)C(C(F)(F)F)C(F)(F)F. The number of halogens is 6. The lowest BCUT2D eigenvalue weighted by atomic mass is 9.99. The largest absolute Gasteiger partial charge is 0.402 e. The molecule has 0 aromatic heterocycles. The fraction of sp³-hybridized carbons (Fsp3) is 1.00. The molecule has 0 saturated carbocycles. The Bertz CT molecular complexity index is 147. The Morgan fingerprint density at radius 2 is 1.23 bits per heavy atom. The van der Waals surface area contributed by atoms with Gasteiger partial charge in [0.15, 0.2) is 5.92 Å². The second-order valence-corrected chi connectivity index (χ2v) is 2.46. The molecular formula is C5H8F6N2. The average Bonchev–Trinajstić information content (AvgIpc) is 1.80. The molecule has 4 N–H and O–H groups in total. The van der Waals surface area contributed by atoms with Crippen molar-refractivity contribution in [1.29, 1.82) is 0 Å². The minimum Gasteiger partial charge on any atom is -0.329 e. The van der Waals surface area contributed by atoms with Crippen molar-refractivity contribution < 1.29 is 26.3 Å². The van der Waals surface area contributed by atoms with Crippen LogP contribution in [0.1, 0.15) is 0 Å². The molecule has 0 aliphatic carbocycles. The zero-order chi connectivity index (χ0) is 10.9. The van der Waals surface area contributed by atoms with Crippen molar-refractivity contribution in [3.05, 3.63) is 0 Å². The predicted molar refractivity (Wildman–Crippen MR) is 32.6 cm³/mol. The zero-order valence-corrected chi connectivity index (χ0v) is 6.28. The van der Waals surface area contributed by atoms with Crippen LogP contribution in [0, 0.1) is 5.92 Å². The first-order valence-corrected chi connectivity index (χ1v) is 3.19. The predicted octanol–water partition coefficient (Wildman–Crippen LogP) is 1.01. The van der Waals surface area contributed by atoms with Gasteiger partial charge in [-0.15, -0.1) is 0 Å². The van der Waals surface area contributed by atoms with E-state index in [-0.39, 0.29) is 0 Å². The fourth-order valence-electron chi connectivity index (χ4n) is 0.807. The molecule has 0 heterocycles. The van der Waals surface area contributed by atoms with E-state index in [1.165, 1.54) is 0 Å². The average molecular weight is 210 g/mol. The van der Waals surface area contributed by atoms with Crippen LogP contribution in [-0.4, -0.2) is 24.9 Å². The van der Waals surface area contributed by atoms with E-state index in [4.69, 9.17) is 0 Å². The highest BCUT2D eigenvalue weighted by atomic mass is 19.4. The molecular weight excluding hydrogens is 202 g/mol. The molecule has 0 radical (unpaired) electrons. The first-order chi connectivity index (χ1) is 5.60. The van der Waals surface area contributed by atoms with E-state index in [1.807, 2.05) is 0 Å². The van der Waals surface area contributed by atoms with Crippen LogP contribution in [0.3, 0.4) is 0 Å². The lowest BCUT2D eigenvalue weighted by Crippen LogP contribution is -2.51. The highest BCUT2D eigenvalue weighted by Crippen LogP contribution is 2.40. The minimum atomic E-state index is -5.41. The molecule has 0 aliphatic heterocycles. The van der Waals surface area contributed by atoms with Gasteiger partial charge in [0.05, 0.1) is 0 Å². The van der Waals surface area contributed by atoms with E-state index in [0.717, 1.165) is 0 Å². The lowest BCUT2D eigenvalue weighted by molar-refractivity contribution is -0.288. The molecule has 1 unspecified atom stereocenters. The maximum Gasteiger partial charge on any atom is 0.402 e. The molecule has 0 aliphatic rings. The third kappa shape index (κ3) is 3.39. The van der Waals surface area contributed by atoms with Crippen LogP contribution in [0.5, 0.6) is 0 Å². The van der Waals surface area contributed by atoms with Crippen molar-refractivity contribution in [1.82, 2.24) is 0 Å². The summed E-state index contributed by atoms with van der Waals surface area (Å²) in [4.78, 5) is 0. The maximum absolute atomic E-state index is 11.8. The Balaban J connectivity index is 4.78. The molecule has 8 heteroatoms. The topological polar surface area (TPSA) is 52.0 Å². The summed E-state index contributed by atoms with van der Waals surface area (Å²) in [5.74, 6) is -3.55.